The van der Waals surface area contributed by atoms with E-state index in [-0.39, 0.29) is 6.04 Å². The number of hydrogen-bond donors (Lipinski definition) is 1. The normalized spacial score (nSPS) is 30.1. The van der Waals surface area contributed by atoms with E-state index in [9.17, 15) is 0 Å². The summed E-state index contributed by atoms with van der Waals surface area (Å²) in [5.41, 5.74) is 9.10. The van der Waals surface area contributed by atoms with Gasteiger partial charge in [-0.15, -0.1) is 0 Å². The monoisotopic (exact) mass is 281 g/mol. The van der Waals surface area contributed by atoms with Crippen molar-refractivity contribution in [1.29, 1.82) is 0 Å². The average Bonchev–Trinajstić information content (AvgIpc) is 2.32. The third kappa shape index (κ3) is 3.69. The Kier molecular flexibility index (Phi) is 5.05. The summed E-state index contributed by atoms with van der Waals surface area (Å²) in [5, 5.41) is 2.08. The first-order valence-corrected chi connectivity index (χ1v) is 8.63. The molecular formula is C15H23NS2. The van der Waals surface area contributed by atoms with Crippen LogP contribution in [-0.2, 0) is 6.42 Å². The Balaban J connectivity index is 1.94. The third-order valence-corrected chi connectivity index (χ3v) is 7.18. The standard InChI is InChI=1S/C15H23NS2/c1-10-5-4-6-13(7-10)8-14(16)15-9-17-11(2)12(3)18-15/h4-7,11-12,14-15H,8-9,16H2,1-3H3. The number of hydrogen-bond acceptors (Lipinski definition) is 3. The maximum Gasteiger partial charge on any atom is 0.0295 e. The molecule has 3 heteroatoms. The van der Waals surface area contributed by atoms with Gasteiger partial charge in [-0.1, -0.05) is 43.7 Å². The van der Waals surface area contributed by atoms with Crippen LogP contribution in [0.5, 0.6) is 0 Å². The van der Waals surface area contributed by atoms with Crippen molar-refractivity contribution in [3.63, 3.8) is 0 Å². The van der Waals surface area contributed by atoms with E-state index in [2.05, 4.69) is 68.6 Å². The Bertz CT molecular complexity index is 394. The summed E-state index contributed by atoms with van der Waals surface area (Å²) in [5.74, 6) is 1.20. The molecule has 0 spiro atoms. The van der Waals surface area contributed by atoms with Crippen molar-refractivity contribution in [2.75, 3.05) is 5.75 Å². The summed E-state index contributed by atoms with van der Waals surface area (Å²) in [4.78, 5) is 0. The second kappa shape index (κ2) is 6.36. The Morgan fingerprint density at radius 3 is 2.78 bits per heavy atom. The van der Waals surface area contributed by atoms with Gasteiger partial charge in [0, 0.05) is 27.5 Å². The molecule has 2 N–H and O–H groups in total. The van der Waals surface area contributed by atoms with Crippen LogP contribution in [0.2, 0.25) is 0 Å². The molecule has 1 heterocycles. The molecule has 100 valence electrons. The van der Waals surface area contributed by atoms with E-state index in [0.717, 1.165) is 16.9 Å². The van der Waals surface area contributed by atoms with Crippen LogP contribution >= 0.6 is 23.5 Å². The largest absolute Gasteiger partial charge is 0.326 e. The number of rotatable bonds is 3. The maximum absolute atomic E-state index is 6.40. The Hall–Kier alpha value is -0.120. The van der Waals surface area contributed by atoms with Gasteiger partial charge in [-0.25, -0.2) is 0 Å². The molecule has 0 amide bonds. The van der Waals surface area contributed by atoms with Crippen LogP contribution in [0, 0.1) is 6.92 Å². The van der Waals surface area contributed by atoms with E-state index in [0.29, 0.717) is 5.25 Å². The molecule has 2 rings (SSSR count). The molecule has 18 heavy (non-hydrogen) atoms. The van der Waals surface area contributed by atoms with E-state index in [1.807, 2.05) is 0 Å². The molecular weight excluding hydrogens is 258 g/mol. The number of nitrogens with two attached hydrogens (primary N) is 1. The minimum absolute atomic E-state index is 0.277. The first kappa shape index (κ1) is 14.3. The fourth-order valence-electron chi connectivity index (χ4n) is 2.28. The van der Waals surface area contributed by atoms with Crippen molar-refractivity contribution < 1.29 is 0 Å². The zero-order chi connectivity index (χ0) is 13.1. The first-order valence-electron chi connectivity index (χ1n) is 6.64. The highest BCUT2D eigenvalue weighted by molar-refractivity contribution is 8.07. The lowest BCUT2D eigenvalue weighted by Gasteiger charge is -2.34. The van der Waals surface area contributed by atoms with E-state index < -0.39 is 0 Å². The second-order valence-electron chi connectivity index (χ2n) is 5.28. The highest BCUT2D eigenvalue weighted by Crippen LogP contribution is 2.37. The molecule has 4 atom stereocenters. The quantitative estimate of drug-likeness (QED) is 0.918. The molecule has 1 aromatic carbocycles. The molecule has 0 aromatic heterocycles. The van der Waals surface area contributed by atoms with Crippen LogP contribution in [0.15, 0.2) is 24.3 Å². The van der Waals surface area contributed by atoms with Crippen molar-refractivity contribution in [2.24, 2.45) is 5.73 Å². The Morgan fingerprint density at radius 2 is 2.11 bits per heavy atom. The molecule has 1 fully saturated rings. The molecule has 1 saturated heterocycles. The Labute approximate surface area is 119 Å². The first-order chi connectivity index (χ1) is 8.56. The summed E-state index contributed by atoms with van der Waals surface area (Å²) in [6.45, 7) is 6.79. The van der Waals surface area contributed by atoms with E-state index in [1.165, 1.54) is 16.9 Å². The fraction of sp³-hybridized carbons (Fsp3) is 0.600. The van der Waals surface area contributed by atoms with Crippen molar-refractivity contribution >= 4 is 23.5 Å². The maximum atomic E-state index is 6.40. The van der Waals surface area contributed by atoms with Gasteiger partial charge in [0.05, 0.1) is 0 Å². The molecule has 0 bridgehead atoms. The molecule has 0 aliphatic carbocycles. The second-order valence-corrected chi connectivity index (χ2v) is 8.31. The SMILES string of the molecule is Cc1cccc(CC(N)C2CSC(C)C(C)S2)c1. The Morgan fingerprint density at radius 1 is 1.33 bits per heavy atom. The number of benzene rings is 1. The number of aryl methyl sites for hydroxylation is 1. The minimum Gasteiger partial charge on any atom is -0.326 e. The zero-order valence-corrected chi connectivity index (χ0v) is 13.1. The lowest BCUT2D eigenvalue weighted by molar-refractivity contribution is 0.656. The fourth-order valence-corrected chi connectivity index (χ4v) is 5.34. The topological polar surface area (TPSA) is 26.0 Å². The predicted octanol–water partition coefficient (Wildman–Crippen LogP) is 3.49. The van der Waals surface area contributed by atoms with Gasteiger partial charge >= 0.3 is 0 Å². The van der Waals surface area contributed by atoms with Gasteiger partial charge in [-0.2, -0.15) is 23.5 Å². The lowest BCUT2D eigenvalue weighted by Crippen LogP contribution is -2.41. The van der Waals surface area contributed by atoms with E-state index in [1.54, 1.807) is 0 Å². The van der Waals surface area contributed by atoms with Crippen molar-refractivity contribution in [2.45, 2.75) is 49.0 Å². The highest BCUT2D eigenvalue weighted by Gasteiger charge is 2.29. The van der Waals surface area contributed by atoms with E-state index in [4.69, 9.17) is 5.73 Å². The van der Waals surface area contributed by atoms with Gasteiger partial charge in [0.25, 0.3) is 0 Å². The van der Waals surface area contributed by atoms with Crippen molar-refractivity contribution in [3.8, 4) is 0 Å². The smallest absolute Gasteiger partial charge is 0.0295 e. The molecule has 1 aromatic rings. The van der Waals surface area contributed by atoms with Crippen LogP contribution in [0.1, 0.15) is 25.0 Å². The van der Waals surface area contributed by atoms with Crippen molar-refractivity contribution in [1.82, 2.24) is 0 Å². The third-order valence-electron chi connectivity index (χ3n) is 3.61. The van der Waals surface area contributed by atoms with E-state index >= 15 is 0 Å². The molecule has 0 radical (unpaired) electrons. The number of thioether (sulfide) groups is 2. The summed E-state index contributed by atoms with van der Waals surface area (Å²) >= 11 is 4.16. The molecule has 4 unspecified atom stereocenters. The molecule has 0 saturated carbocycles. The minimum atomic E-state index is 0.277. The van der Waals surface area contributed by atoms with Gasteiger partial charge in [0.15, 0.2) is 0 Å². The van der Waals surface area contributed by atoms with Crippen LogP contribution in [0.25, 0.3) is 0 Å². The highest BCUT2D eigenvalue weighted by atomic mass is 32.2. The lowest BCUT2D eigenvalue weighted by atomic mass is 10.0. The molecule has 1 nitrogen and oxygen atoms in total. The van der Waals surface area contributed by atoms with Crippen molar-refractivity contribution in [3.05, 3.63) is 35.4 Å². The summed E-state index contributed by atoms with van der Waals surface area (Å²) in [7, 11) is 0. The van der Waals surface area contributed by atoms with Gasteiger partial charge in [-0.3, -0.25) is 0 Å². The summed E-state index contributed by atoms with van der Waals surface area (Å²) in [6.07, 6.45) is 1.00. The van der Waals surface area contributed by atoms with Gasteiger partial charge in [-0.05, 0) is 18.9 Å². The molecule has 1 aliphatic rings. The van der Waals surface area contributed by atoms with Crippen LogP contribution in [0.4, 0.5) is 0 Å². The summed E-state index contributed by atoms with van der Waals surface area (Å²) < 4.78 is 0. The van der Waals surface area contributed by atoms with Crippen LogP contribution in [-0.4, -0.2) is 27.5 Å². The van der Waals surface area contributed by atoms with Gasteiger partial charge in [0.1, 0.15) is 0 Å². The molecule has 1 aliphatic heterocycles. The van der Waals surface area contributed by atoms with Gasteiger partial charge < -0.3 is 5.73 Å². The van der Waals surface area contributed by atoms with Crippen LogP contribution < -0.4 is 5.73 Å². The zero-order valence-electron chi connectivity index (χ0n) is 11.4. The van der Waals surface area contributed by atoms with Crippen LogP contribution in [0.3, 0.4) is 0 Å². The van der Waals surface area contributed by atoms with Gasteiger partial charge in [0.2, 0.25) is 0 Å². The summed E-state index contributed by atoms with van der Waals surface area (Å²) in [6, 6.07) is 9.00. The predicted molar refractivity (Wildman–Crippen MR) is 85.6 cm³/mol. The average molecular weight is 281 g/mol.